The molecule has 0 spiro atoms. The Bertz CT molecular complexity index is 831. The van der Waals surface area contributed by atoms with Crippen LogP contribution < -0.4 is 16.0 Å². The highest BCUT2D eigenvalue weighted by Gasteiger charge is 2.24. The lowest BCUT2D eigenvalue weighted by Gasteiger charge is -2.32. The van der Waals surface area contributed by atoms with E-state index >= 15 is 0 Å². The quantitative estimate of drug-likeness (QED) is 0.612. The van der Waals surface area contributed by atoms with E-state index in [1.807, 2.05) is 36.4 Å². The van der Waals surface area contributed by atoms with Gasteiger partial charge in [0.15, 0.2) is 0 Å². The zero-order chi connectivity index (χ0) is 19.9. The maximum absolute atomic E-state index is 12.2. The van der Waals surface area contributed by atoms with E-state index in [2.05, 4.69) is 31.1 Å². The third kappa shape index (κ3) is 5.72. The lowest BCUT2D eigenvalue weighted by Crippen LogP contribution is -2.41. The van der Waals surface area contributed by atoms with Crippen LogP contribution in [0.4, 0.5) is 11.5 Å². The van der Waals surface area contributed by atoms with Gasteiger partial charge in [0.25, 0.3) is 0 Å². The normalized spacial score (nSPS) is 16.6. The molecule has 1 unspecified atom stereocenters. The summed E-state index contributed by atoms with van der Waals surface area (Å²) >= 11 is 5.15. The first-order valence-electron chi connectivity index (χ1n) is 9.20. The molecule has 3 N–H and O–H groups in total. The topological polar surface area (TPSA) is 88.3 Å². The van der Waals surface area contributed by atoms with E-state index in [1.54, 1.807) is 18.0 Å². The van der Waals surface area contributed by atoms with Gasteiger partial charge < -0.3 is 16.0 Å². The van der Waals surface area contributed by atoms with Gasteiger partial charge in [0.05, 0.1) is 17.8 Å². The fourth-order valence-electron chi connectivity index (χ4n) is 3.10. The van der Waals surface area contributed by atoms with Crippen molar-refractivity contribution in [2.24, 2.45) is 11.7 Å². The molecule has 0 radical (unpaired) electrons. The average molecular weight is 463 g/mol. The van der Waals surface area contributed by atoms with Crippen molar-refractivity contribution in [2.45, 2.75) is 24.2 Å². The summed E-state index contributed by atoms with van der Waals surface area (Å²) < 4.78 is 1.04. The number of aromatic nitrogens is 1. The molecule has 6 nitrogen and oxygen atoms in total. The van der Waals surface area contributed by atoms with Crippen LogP contribution in [0.2, 0.25) is 0 Å². The van der Waals surface area contributed by atoms with Gasteiger partial charge in [-0.15, -0.1) is 11.8 Å². The Morgan fingerprint density at radius 2 is 2.11 bits per heavy atom. The number of nitrogens with zero attached hydrogens (tertiary/aromatic N) is 2. The molecule has 1 aliphatic heterocycles. The number of anilines is 2. The minimum absolute atomic E-state index is 0.0409. The van der Waals surface area contributed by atoms with Crippen molar-refractivity contribution in [3.05, 3.63) is 47.1 Å². The summed E-state index contributed by atoms with van der Waals surface area (Å²) in [6.07, 6.45) is 3.82. The smallest absolute Gasteiger partial charge is 0.225 e. The highest BCUT2D eigenvalue weighted by atomic mass is 79.9. The molecule has 2 amide bonds. The number of hydrogen-bond acceptors (Lipinski definition) is 5. The maximum Gasteiger partial charge on any atom is 0.225 e. The van der Waals surface area contributed by atoms with Gasteiger partial charge in [0.2, 0.25) is 11.8 Å². The molecule has 148 valence electrons. The van der Waals surface area contributed by atoms with Crippen LogP contribution in [0.15, 0.2) is 52.0 Å². The predicted octanol–water partition coefficient (Wildman–Crippen LogP) is 3.67. The molecule has 1 saturated heterocycles. The Balaban J connectivity index is 1.48. The number of pyridine rings is 1. The van der Waals surface area contributed by atoms with Gasteiger partial charge in [-0.05, 0) is 53.0 Å². The van der Waals surface area contributed by atoms with Crippen molar-refractivity contribution in [1.29, 1.82) is 0 Å². The minimum atomic E-state index is -0.256. The number of thioether (sulfide) groups is 1. The number of piperidine rings is 1. The molecule has 3 rings (SSSR count). The standard InChI is InChI=1S/C20H23BrN4O2S/c21-16-5-1-2-6-17(16)28-11-9-19(26)24-15-7-8-18(23-12-15)25-10-3-4-14(13-25)20(22)27/h1-2,5-8,12,14H,3-4,9-11,13H2,(H2,22,27)(H,24,26). The van der Waals surface area contributed by atoms with Gasteiger partial charge in [0.1, 0.15) is 5.82 Å². The van der Waals surface area contributed by atoms with E-state index in [-0.39, 0.29) is 17.7 Å². The molecule has 28 heavy (non-hydrogen) atoms. The number of primary amides is 1. The first kappa shape index (κ1) is 20.7. The first-order chi connectivity index (χ1) is 13.5. The van der Waals surface area contributed by atoms with Gasteiger partial charge in [-0.2, -0.15) is 0 Å². The Morgan fingerprint density at radius 3 is 2.82 bits per heavy atom. The van der Waals surface area contributed by atoms with Crippen LogP contribution in [0.5, 0.6) is 0 Å². The van der Waals surface area contributed by atoms with Crippen LogP contribution in [-0.4, -0.2) is 35.6 Å². The van der Waals surface area contributed by atoms with Crippen LogP contribution in [0.25, 0.3) is 0 Å². The minimum Gasteiger partial charge on any atom is -0.369 e. The van der Waals surface area contributed by atoms with Crippen LogP contribution in [0, 0.1) is 5.92 Å². The summed E-state index contributed by atoms with van der Waals surface area (Å²) in [4.78, 5) is 31.2. The van der Waals surface area contributed by atoms with Gasteiger partial charge in [0, 0.05) is 34.6 Å². The number of carbonyl (C=O) groups is 2. The second kappa shape index (κ2) is 9.93. The molecule has 8 heteroatoms. The summed E-state index contributed by atoms with van der Waals surface area (Å²) in [5.74, 6) is 1.07. The first-order valence-corrected chi connectivity index (χ1v) is 11.0. The Labute approximate surface area is 177 Å². The molecule has 0 aliphatic carbocycles. The number of benzene rings is 1. The molecule has 1 atom stereocenters. The highest BCUT2D eigenvalue weighted by molar-refractivity contribution is 9.10. The molecule has 1 aromatic carbocycles. The van der Waals surface area contributed by atoms with E-state index in [1.165, 1.54) is 0 Å². The van der Waals surface area contributed by atoms with Gasteiger partial charge in [-0.1, -0.05) is 12.1 Å². The van der Waals surface area contributed by atoms with E-state index in [4.69, 9.17) is 5.73 Å². The van der Waals surface area contributed by atoms with Crippen molar-refractivity contribution in [3.63, 3.8) is 0 Å². The van der Waals surface area contributed by atoms with Crippen molar-refractivity contribution in [3.8, 4) is 0 Å². The number of carbonyl (C=O) groups excluding carboxylic acids is 2. The summed E-state index contributed by atoms with van der Waals surface area (Å²) in [6.45, 7) is 1.45. The molecular weight excluding hydrogens is 440 g/mol. The summed E-state index contributed by atoms with van der Waals surface area (Å²) in [5, 5.41) is 2.88. The Hall–Kier alpha value is -2.06. The molecular formula is C20H23BrN4O2S. The predicted molar refractivity (Wildman–Crippen MR) is 116 cm³/mol. The number of rotatable bonds is 7. The van der Waals surface area contributed by atoms with E-state index in [0.29, 0.717) is 24.4 Å². The second-order valence-corrected chi connectivity index (χ2v) is 8.66. The van der Waals surface area contributed by atoms with E-state index < -0.39 is 0 Å². The lowest BCUT2D eigenvalue weighted by molar-refractivity contribution is -0.122. The average Bonchev–Trinajstić information content (AvgIpc) is 2.70. The lowest BCUT2D eigenvalue weighted by atomic mass is 9.97. The van der Waals surface area contributed by atoms with Crippen molar-refractivity contribution in [2.75, 3.05) is 29.1 Å². The largest absolute Gasteiger partial charge is 0.369 e. The van der Waals surface area contributed by atoms with Crippen molar-refractivity contribution >= 4 is 51.0 Å². The molecule has 0 saturated carbocycles. The number of halogens is 1. The number of hydrogen-bond donors (Lipinski definition) is 2. The van der Waals surface area contributed by atoms with Crippen molar-refractivity contribution < 1.29 is 9.59 Å². The summed E-state index contributed by atoms with van der Waals surface area (Å²) in [7, 11) is 0. The van der Waals surface area contributed by atoms with Gasteiger partial charge in [-0.3, -0.25) is 9.59 Å². The monoisotopic (exact) mass is 462 g/mol. The zero-order valence-corrected chi connectivity index (χ0v) is 17.8. The van der Waals surface area contributed by atoms with Gasteiger partial charge in [-0.25, -0.2) is 4.98 Å². The number of nitrogens with two attached hydrogens (primary N) is 1. The van der Waals surface area contributed by atoms with E-state index in [9.17, 15) is 9.59 Å². The fourth-order valence-corrected chi connectivity index (χ4v) is 4.62. The maximum atomic E-state index is 12.2. The highest BCUT2D eigenvalue weighted by Crippen LogP contribution is 2.27. The zero-order valence-electron chi connectivity index (χ0n) is 15.4. The second-order valence-electron chi connectivity index (χ2n) is 6.67. The molecule has 2 aromatic rings. The molecule has 1 fully saturated rings. The fraction of sp³-hybridized carbons (Fsp3) is 0.350. The number of amides is 2. The molecule has 0 bridgehead atoms. The van der Waals surface area contributed by atoms with Crippen LogP contribution in [0.1, 0.15) is 19.3 Å². The van der Waals surface area contributed by atoms with Crippen molar-refractivity contribution in [1.82, 2.24) is 4.98 Å². The van der Waals surface area contributed by atoms with Crippen LogP contribution in [-0.2, 0) is 9.59 Å². The Morgan fingerprint density at radius 1 is 1.29 bits per heavy atom. The van der Waals surface area contributed by atoms with E-state index in [0.717, 1.165) is 34.6 Å². The third-order valence-corrected chi connectivity index (χ3v) is 6.63. The Kier molecular flexibility index (Phi) is 7.33. The molecule has 1 aromatic heterocycles. The molecule has 2 heterocycles. The van der Waals surface area contributed by atoms with Crippen LogP contribution in [0.3, 0.4) is 0 Å². The third-order valence-electron chi connectivity index (χ3n) is 4.60. The molecule has 1 aliphatic rings. The van der Waals surface area contributed by atoms with Gasteiger partial charge >= 0.3 is 0 Å². The summed E-state index contributed by atoms with van der Waals surface area (Å²) in [6, 6.07) is 11.7. The number of nitrogens with one attached hydrogen (secondary N) is 1. The van der Waals surface area contributed by atoms with Crippen LogP contribution >= 0.6 is 27.7 Å². The summed E-state index contributed by atoms with van der Waals surface area (Å²) in [5.41, 5.74) is 6.10. The SMILES string of the molecule is NC(=O)C1CCCN(c2ccc(NC(=O)CCSc3ccccc3Br)cn2)C1.